The number of aryl methyl sites for hydroxylation is 1. The van der Waals surface area contributed by atoms with Crippen molar-refractivity contribution in [1.82, 2.24) is 20.1 Å². The summed E-state index contributed by atoms with van der Waals surface area (Å²) in [6.07, 6.45) is 1.13. The molecule has 3 aromatic rings. The largest absolute Gasteiger partial charge is 0.497 e. The van der Waals surface area contributed by atoms with Gasteiger partial charge in [-0.1, -0.05) is 30.7 Å². The molecule has 31 heavy (non-hydrogen) atoms. The van der Waals surface area contributed by atoms with Crippen molar-refractivity contribution in [1.29, 1.82) is 0 Å². The summed E-state index contributed by atoms with van der Waals surface area (Å²) in [7, 11) is 1.63. The Balaban J connectivity index is 2.02. The number of carbonyl (C=O) groups is 1. The molecular formula is C23H24ClN5O2. The first-order valence-corrected chi connectivity index (χ1v) is 10.5. The summed E-state index contributed by atoms with van der Waals surface area (Å²) in [6, 6.07) is 13.3. The van der Waals surface area contributed by atoms with Crippen LogP contribution in [-0.4, -0.2) is 33.5 Å². The molecule has 7 nitrogen and oxygen atoms in total. The predicted octanol–water partition coefficient (Wildman–Crippen LogP) is 4.18. The Morgan fingerprint density at radius 2 is 1.94 bits per heavy atom. The lowest BCUT2D eigenvalue weighted by Crippen LogP contribution is -2.44. The highest BCUT2D eigenvalue weighted by Gasteiger charge is 2.38. The second kappa shape index (κ2) is 8.15. The van der Waals surface area contributed by atoms with Crippen molar-refractivity contribution in [3.05, 3.63) is 70.3 Å². The van der Waals surface area contributed by atoms with Crippen molar-refractivity contribution in [3.8, 4) is 11.4 Å². The minimum absolute atomic E-state index is 0.0973. The fraction of sp³-hybridized carbons (Fsp3) is 0.304. The van der Waals surface area contributed by atoms with Gasteiger partial charge in [0.2, 0.25) is 5.91 Å². The van der Waals surface area contributed by atoms with Crippen LogP contribution in [-0.2, 0) is 10.5 Å². The van der Waals surface area contributed by atoms with Gasteiger partial charge < -0.3 is 10.1 Å². The Hall–Kier alpha value is -3.19. The molecule has 1 unspecified atom stereocenters. The van der Waals surface area contributed by atoms with Crippen LogP contribution in [0, 0.1) is 6.92 Å². The highest BCUT2D eigenvalue weighted by atomic mass is 35.5. The van der Waals surface area contributed by atoms with E-state index in [1.807, 2.05) is 67.8 Å². The van der Waals surface area contributed by atoms with Crippen LogP contribution in [0.25, 0.3) is 5.69 Å². The molecule has 1 amide bonds. The summed E-state index contributed by atoms with van der Waals surface area (Å²) in [5, 5.41) is 12.4. The van der Waals surface area contributed by atoms with Gasteiger partial charge in [-0.2, -0.15) is 0 Å². The van der Waals surface area contributed by atoms with E-state index in [2.05, 4.69) is 15.5 Å². The van der Waals surface area contributed by atoms with Gasteiger partial charge >= 0.3 is 0 Å². The van der Waals surface area contributed by atoms with Crippen molar-refractivity contribution in [2.75, 3.05) is 7.11 Å². The quantitative estimate of drug-likeness (QED) is 0.649. The van der Waals surface area contributed by atoms with Crippen LogP contribution in [0.5, 0.6) is 5.75 Å². The normalized spacial score (nSPS) is 17.3. The number of rotatable bonds is 5. The molecule has 160 valence electrons. The number of nitrogens with zero attached hydrogens (tertiary/aromatic N) is 4. The van der Waals surface area contributed by atoms with Crippen molar-refractivity contribution >= 4 is 23.2 Å². The third-order valence-corrected chi connectivity index (χ3v) is 5.52. The van der Waals surface area contributed by atoms with Crippen LogP contribution in [0.4, 0.5) is 0 Å². The molecule has 1 aromatic heterocycles. The second-order valence-corrected chi connectivity index (χ2v) is 8.06. The van der Waals surface area contributed by atoms with E-state index in [4.69, 9.17) is 21.3 Å². The molecule has 4 rings (SSSR count). The number of halogens is 1. The monoisotopic (exact) mass is 437 g/mol. The molecule has 1 N–H and O–H groups in total. The highest BCUT2D eigenvalue weighted by molar-refractivity contribution is 6.30. The highest BCUT2D eigenvalue weighted by Crippen LogP contribution is 2.35. The SMILES string of the molecule is CCCC(=O)NC1(C)N=C(c2ccc(Cl)cc2)c2cc(OC)ccc2-n2c(C)nnc21. The zero-order valence-electron chi connectivity index (χ0n) is 17.9. The number of carbonyl (C=O) groups excluding carboxylic acids is 1. The van der Waals surface area contributed by atoms with Crippen LogP contribution in [0.15, 0.2) is 47.5 Å². The number of aliphatic imine (C=N–C) groups is 1. The molecule has 8 heteroatoms. The Morgan fingerprint density at radius 3 is 2.61 bits per heavy atom. The summed E-state index contributed by atoms with van der Waals surface area (Å²) in [5.41, 5.74) is 2.16. The summed E-state index contributed by atoms with van der Waals surface area (Å²) < 4.78 is 7.42. The molecule has 0 bridgehead atoms. The summed E-state index contributed by atoms with van der Waals surface area (Å²) in [5.74, 6) is 1.85. The summed E-state index contributed by atoms with van der Waals surface area (Å²) in [6.45, 7) is 5.69. The van der Waals surface area contributed by atoms with Gasteiger partial charge in [-0.3, -0.25) is 9.36 Å². The van der Waals surface area contributed by atoms with E-state index in [0.29, 0.717) is 34.6 Å². The molecular weight excluding hydrogens is 414 g/mol. The van der Waals surface area contributed by atoms with Gasteiger partial charge in [0.1, 0.15) is 11.6 Å². The zero-order valence-corrected chi connectivity index (χ0v) is 18.7. The first-order chi connectivity index (χ1) is 14.9. The maximum absolute atomic E-state index is 12.6. The Bertz CT molecular complexity index is 1170. The summed E-state index contributed by atoms with van der Waals surface area (Å²) >= 11 is 6.13. The molecule has 2 heterocycles. The Morgan fingerprint density at radius 1 is 1.19 bits per heavy atom. The third kappa shape index (κ3) is 3.81. The second-order valence-electron chi connectivity index (χ2n) is 7.63. The average Bonchev–Trinajstić information content (AvgIpc) is 3.10. The molecule has 0 saturated carbocycles. The molecule has 1 aliphatic rings. The average molecular weight is 438 g/mol. The van der Waals surface area contributed by atoms with E-state index < -0.39 is 5.66 Å². The number of hydrogen-bond donors (Lipinski definition) is 1. The number of aromatic nitrogens is 3. The predicted molar refractivity (Wildman–Crippen MR) is 120 cm³/mol. The Labute approximate surface area is 186 Å². The molecule has 2 aromatic carbocycles. The third-order valence-electron chi connectivity index (χ3n) is 5.27. The molecule has 0 fully saturated rings. The number of hydrogen-bond acceptors (Lipinski definition) is 5. The number of methoxy groups -OCH3 is 1. The molecule has 0 aliphatic carbocycles. The topological polar surface area (TPSA) is 81.4 Å². The number of amides is 1. The first kappa shape index (κ1) is 21.1. The number of benzene rings is 2. The molecule has 1 aliphatic heterocycles. The minimum Gasteiger partial charge on any atom is -0.497 e. The van der Waals surface area contributed by atoms with Gasteiger partial charge in [0, 0.05) is 22.6 Å². The fourth-order valence-electron chi connectivity index (χ4n) is 3.80. The van der Waals surface area contributed by atoms with Gasteiger partial charge in [0.25, 0.3) is 0 Å². The lowest BCUT2D eigenvalue weighted by Gasteiger charge is -2.25. The van der Waals surface area contributed by atoms with Crippen LogP contribution >= 0.6 is 11.6 Å². The van der Waals surface area contributed by atoms with Crippen molar-refractivity contribution < 1.29 is 9.53 Å². The number of fused-ring (bicyclic) bond motifs is 3. The molecule has 0 saturated heterocycles. The van der Waals surface area contributed by atoms with E-state index in [-0.39, 0.29) is 5.91 Å². The van der Waals surface area contributed by atoms with E-state index in [1.165, 1.54) is 0 Å². The van der Waals surface area contributed by atoms with Gasteiger partial charge in [-0.15, -0.1) is 10.2 Å². The minimum atomic E-state index is -1.12. The lowest BCUT2D eigenvalue weighted by atomic mass is 10.00. The first-order valence-electron chi connectivity index (χ1n) is 10.1. The van der Waals surface area contributed by atoms with E-state index in [9.17, 15) is 4.79 Å². The zero-order chi connectivity index (χ0) is 22.2. The van der Waals surface area contributed by atoms with Crippen LogP contribution < -0.4 is 10.1 Å². The number of nitrogens with one attached hydrogen (secondary N) is 1. The van der Waals surface area contributed by atoms with Crippen molar-refractivity contribution in [2.45, 2.75) is 39.3 Å². The maximum Gasteiger partial charge on any atom is 0.222 e. The van der Waals surface area contributed by atoms with E-state index in [0.717, 1.165) is 23.2 Å². The fourth-order valence-corrected chi connectivity index (χ4v) is 3.93. The molecule has 0 spiro atoms. The van der Waals surface area contributed by atoms with Gasteiger partial charge in [0.05, 0.1) is 18.5 Å². The van der Waals surface area contributed by atoms with E-state index >= 15 is 0 Å². The van der Waals surface area contributed by atoms with Gasteiger partial charge in [0.15, 0.2) is 11.5 Å². The van der Waals surface area contributed by atoms with E-state index in [1.54, 1.807) is 7.11 Å². The van der Waals surface area contributed by atoms with Crippen molar-refractivity contribution in [2.24, 2.45) is 4.99 Å². The standard InChI is InChI=1S/C23H24ClN5O2/c1-5-6-20(30)25-23(3)22-28-27-14(2)29(22)19-12-11-17(31-4)13-18(19)21(26-23)15-7-9-16(24)10-8-15/h7-13H,5-6H2,1-4H3,(H,25,30). The van der Waals surface area contributed by atoms with Gasteiger partial charge in [-0.25, -0.2) is 4.99 Å². The van der Waals surface area contributed by atoms with Crippen molar-refractivity contribution in [3.63, 3.8) is 0 Å². The van der Waals surface area contributed by atoms with Gasteiger partial charge in [-0.05, 0) is 50.6 Å². The van der Waals surface area contributed by atoms with Crippen LogP contribution in [0.1, 0.15) is 49.5 Å². The van der Waals surface area contributed by atoms with Crippen LogP contribution in [0.2, 0.25) is 5.02 Å². The molecule has 1 atom stereocenters. The smallest absolute Gasteiger partial charge is 0.222 e. The van der Waals surface area contributed by atoms with Crippen LogP contribution in [0.3, 0.4) is 0 Å². The molecule has 0 radical (unpaired) electrons. The number of ether oxygens (including phenoxy) is 1. The Kier molecular flexibility index (Phi) is 5.54. The lowest BCUT2D eigenvalue weighted by molar-refractivity contribution is -0.123. The maximum atomic E-state index is 12.6. The summed E-state index contributed by atoms with van der Waals surface area (Å²) in [4.78, 5) is 17.7.